The van der Waals surface area contributed by atoms with Gasteiger partial charge in [-0.05, 0) is 59.3 Å². The summed E-state index contributed by atoms with van der Waals surface area (Å²) in [5, 5.41) is 9.22. The maximum absolute atomic E-state index is 13.2. The minimum Gasteiger partial charge on any atom is -0.206 e. The first-order chi connectivity index (χ1) is 7.10. The number of rotatable bonds is 1. The van der Waals surface area contributed by atoms with Crippen molar-refractivity contribution < 1.29 is 4.39 Å². The highest BCUT2D eigenvalue weighted by atomic mass is 79.9. The molecule has 0 radical (unpaired) electrons. The second-order valence-electron chi connectivity index (χ2n) is 4.08. The Balaban J connectivity index is 2.55. The summed E-state index contributed by atoms with van der Waals surface area (Å²) >= 11 is 3.22. The van der Waals surface area contributed by atoms with Crippen LogP contribution in [-0.2, 0) is 5.41 Å². The van der Waals surface area contributed by atoms with Crippen LogP contribution in [0.5, 0.6) is 0 Å². The molecular weight excluding hydrogens is 257 g/mol. The number of hydrogen-bond donors (Lipinski definition) is 0. The molecule has 1 aromatic carbocycles. The lowest BCUT2D eigenvalue weighted by atomic mass is 9.64. The molecule has 1 aliphatic carbocycles. The molecule has 0 aromatic heterocycles. The third-order valence-corrected chi connectivity index (χ3v) is 4.25. The summed E-state index contributed by atoms with van der Waals surface area (Å²) in [6.07, 6.45) is 2.87. The molecule has 0 bridgehead atoms. The minimum absolute atomic E-state index is 0.260. The van der Waals surface area contributed by atoms with Gasteiger partial charge >= 0.3 is 0 Å². The number of nitriles is 1. The average Bonchev–Trinajstić information content (AvgIpc) is 2.17. The summed E-state index contributed by atoms with van der Waals surface area (Å²) in [6.45, 7) is 1.86. The zero-order valence-electron chi connectivity index (χ0n) is 8.48. The van der Waals surface area contributed by atoms with Gasteiger partial charge in [0.25, 0.3) is 0 Å². The Morgan fingerprint density at radius 1 is 1.47 bits per heavy atom. The first-order valence-electron chi connectivity index (χ1n) is 4.97. The van der Waals surface area contributed by atoms with Crippen molar-refractivity contribution in [3.63, 3.8) is 0 Å². The normalized spacial score (nSPS) is 18.0. The van der Waals surface area contributed by atoms with Crippen molar-refractivity contribution in [2.75, 3.05) is 0 Å². The topological polar surface area (TPSA) is 23.8 Å². The van der Waals surface area contributed by atoms with E-state index in [0.717, 1.165) is 30.4 Å². The molecule has 0 heterocycles. The second kappa shape index (κ2) is 3.61. The van der Waals surface area contributed by atoms with Crippen molar-refractivity contribution in [3.8, 4) is 6.07 Å². The second-order valence-corrected chi connectivity index (χ2v) is 4.87. The largest absolute Gasteiger partial charge is 0.206 e. The van der Waals surface area contributed by atoms with Crippen LogP contribution in [0, 0.1) is 24.1 Å². The van der Waals surface area contributed by atoms with Gasteiger partial charge in [-0.15, -0.1) is 0 Å². The van der Waals surface area contributed by atoms with Gasteiger partial charge < -0.3 is 0 Å². The van der Waals surface area contributed by atoms with Crippen LogP contribution in [-0.4, -0.2) is 0 Å². The van der Waals surface area contributed by atoms with E-state index in [-0.39, 0.29) is 11.2 Å². The predicted molar refractivity (Wildman–Crippen MR) is 60.0 cm³/mol. The van der Waals surface area contributed by atoms with E-state index >= 15 is 0 Å². The third-order valence-electron chi connectivity index (χ3n) is 3.28. The quantitative estimate of drug-likeness (QED) is 0.759. The third kappa shape index (κ3) is 1.48. The molecule has 1 saturated carbocycles. The number of hydrogen-bond acceptors (Lipinski definition) is 1. The fourth-order valence-corrected chi connectivity index (χ4v) is 2.49. The molecule has 1 fully saturated rings. The van der Waals surface area contributed by atoms with Crippen molar-refractivity contribution in [2.24, 2.45) is 0 Å². The van der Waals surface area contributed by atoms with Gasteiger partial charge in [-0.2, -0.15) is 5.26 Å². The molecule has 15 heavy (non-hydrogen) atoms. The van der Waals surface area contributed by atoms with Crippen molar-refractivity contribution in [1.82, 2.24) is 0 Å². The molecule has 0 aliphatic heterocycles. The van der Waals surface area contributed by atoms with E-state index in [2.05, 4.69) is 22.0 Å². The van der Waals surface area contributed by atoms with Crippen LogP contribution in [0.2, 0.25) is 0 Å². The Morgan fingerprint density at radius 2 is 2.13 bits per heavy atom. The fourth-order valence-electron chi connectivity index (χ4n) is 2.14. The summed E-state index contributed by atoms with van der Waals surface area (Å²) < 4.78 is 13.7. The van der Waals surface area contributed by atoms with E-state index in [0.29, 0.717) is 4.47 Å². The maximum atomic E-state index is 13.2. The Morgan fingerprint density at radius 3 is 2.60 bits per heavy atom. The molecule has 0 unspecified atom stereocenters. The molecule has 78 valence electrons. The first-order valence-corrected chi connectivity index (χ1v) is 5.76. The van der Waals surface area contributed by atoms with Crippen LogP contribution in [0.25, 0.3) is 0 Å². The molecule has 1 nitrogen and oxygen atoms in total. The SMILES string of the molecule is Cc1c(C2(C#N)CCC2)ccc(F)c1Br. The molecule has 1 aliphatic rings. The van der Waals surface area contributed by atoms with E-state index in [1.165, 1.54) is 6.07 Å². The standard InChI is InChI=1S/C12H11BrFN/c1-8-9(3-4-10(14)11(8)13)12(7-15)5-2-6-12/h3-4H,2,5-6H2,1H3. The molecule has 0 atom stereocenters. The van der Waals surface area contributed by atoms with Gasteiger partial charge in [-0.25, -0.2) is 4.39 Å². The Labute approximate surface area is 97.0 Å². The van der Waals surface area contributed by atoms with Gasteiger partial charge in [0.05, 0.1) is 16.0 Å². The van der Waals surface area contributed by atoms with Crippen LogP contribution in [0.1, 0.15) is 30.4 Å². The van der Waals surface area contributed by atoms with Gasteiger partial charge in [0, 0.05) is 0 Å². The Kier molecular flexibility index (Phi) is 2.56. The van der Waals surface area contributed by atoms with E-state index in [9.17, 15) is 9.65 Å². The van der Waals surface area contributed by atoms with E-state index < -0.39 is 0 Å². The van der Waals surface area contributed by atoms with Gasteiger partial charge in [0.15, 0.2) is 0 Å². The lowest BCUT2D eigenvalue weighted by molar-refractivity contribution is 0.322. The number of halogens is 2. The summed E-state index contributed by atoms with van der Waals surface area (Å²) in [7, 11) is 0. The van der Waals surface area contributed by atoms with Gasteiger partial charge in [0.2, 0.25) is 0 Å². The first kappa shape index (κ1) is 10.6. The fraction of sp³-hybridized carbons (Fsp3) is 0.417. The maximum Gasteiger partial charge on any atom is 0.137 e. The smallest absolute Gasteiger partial charge is 0.137 e. The summed E-state index contributed by atoms with van der Waals surface area (Å²) in [5.41, 5.74) is 1.47. The van der Waals surface area contributed by atoms with E-state index in [1.54, 1.807) is 6.07 Å². The van der Waals surface area contributed by atoms with Gasteiger partial charge in [0.1, 0.15) is 5.82 Å². The Hall–Kier alpha value is -0.880. The molecule has 3 heteroatoms. The number of benzene rings is 1. The van der Waals surface area contributed by atoms with Crippen LogP contribution < -0.4 is 0 Å². The monoisotopic (exact) mass is 267 g/mol. The van der Waals surface area contributed by atoms with Gasteiger partial charge in [-0.1, -0.05) is 6.07 Å². The van der Waals surface area contributed by atoms with Gasteiger partial charge in [-0.3, -0.25) is 0 Å². The summed E-state index contributed by atoms with van der Waals surface area (Å²) in [4.78, 5) is 0. The highest BCUT2D eigenvalue weighted by Gasteiger charge is 2.40. The summed E-state index contributed by atoms with van der Waals surface area (Å²) in [6, 6.07) is 5.56. The predicted octanol–water partition coefficient (Wildman–Crippen LogP) is 3.84. The van der Waals surface area contributed by atoms with Crippen LogP contribution >= 0.6 is 15.9 Å². The highest BCUT2D eigenvalue weighted by molar-refractivity contribution is 9.10. The van der Waals surface area contributed by atoms with Crippen molar-refractivity contribution >= 4 is 15.9 Å². The molecule has 0 amide bonds. The van der Waals surface area contributed by atoms with Crippen molar-refractivity contribution in [3.05, 3.63) is 33.5 Å². The summed E-state index contributed by atoms with van der Waals surface area (Å²) in [5.74, 6) is -0.260. The number of nitrogens with zero attached hydrogens (tertiary/aromatic N) is 1. The molecular formula is C12H11BrFN. The minimum atomic E-state index is -0.361. The molecule has 0 spiro atoms. The highest BCUT2D eigenvalue weighted by Crippen LogP contribution is 2.45. The molecule has 2 rings (SSSR count). The van der Waals surface area contributed by atoms with Crippen LogP contribution in [0.3, 0.4) is 0 Å². The lowest BCUT2D eigenvalue weighted by Crippen LogP contribution is -2.33. The van der Waals surface area contributed by atoms with Crippen molar-refractivity contribution in [2.45, 2.75) is 31.6 Å². The molecule has 0 saturated heterocycles. The van der Waals surface area contributed by atoms with Crippen LogP contribution in [0.4, 0.5) is 4.39 Å². The Bertz CT molecular complexity index is 444. The molecule has 0 N–H and O–H groups in total. The van der Waals surface area contributed by atoms with Crippen LogP contribution in [0.15, 0.2) is 16.6 Å². The zero-order valence-corrected chi connectivity index (χ0v) is 10.1. The van der Waals surface area contributed by atoms with E-state index in [1.807, 2.05) is 6.92 Å². The van der Waals surface area contributed by atoms with E-state index in [4.69, 9.17) is 0 Å². The lowest BCUT2D eigenvalue weighted by Gasteiger charge is -2.37. The zero-order chi connectivity index (χ0) is 11.1. The van der Waals surface area contributed by atoms with Crippen molar-refractivity contribution in [1.29, 1.82) is 5.26 Å². The average molecular weight is 268 g/mol. The molecule has 1 aromatic rings.